The van der Waals surface area contributed by atoms with Gasteiger partial charge in [-0.25, -0.2) is 9.97 Å². The Morgan fingerprint density at radius 3 is 3.21 bits per heavy atom. The third-order valence-electron chi connectivity index (χ3n) is 1.73. The number of anilines is 1. The van der Waals surface area contributed by atoms with Gasteiger partial charge in [0.1, 0.15) is 12.7 Å². The Bertz CT molecular complexity index is 319. The first-order valence-corrected chi connectivity index (χ1v) is 5.21. The minimum Gasteiger partial charge on any atom is -0.357 e. The number of nitrogens with zero attached hydrogens (tertiary/aromatic N) is 4. The van der Waals surface area contributed by atoms with Crippen LogP contribution >= 0.6 is 11.3 Å². The van der Waals surface area contributed by atoms with E-state index in [1.807, 2.05) is 5.38 Å². The fourth-order valence-electron chi connectivity index (χ4n) is 1.16. The fraction of sp³-hybridized carbons (Fsp3) is 0.375. The second-order valence-electron chi connectivity index (χ2n) is 3.00. The van der Waals surface area contributed by atoms with Gasteiger partial charge in [0.05, 0.1) is 6.54 Å². The molecule has 6 heteroatoms. The lowest BCUT2D eigenvalue weighted by molar-refractivity contribution is 0.559. The van der Waals surface area contributed by atoms with E-state index in [4.69, 9.17) is 0 Å². The van der Waals surface area contributed by atoms with Crippen molar-refractivity contribution < 1.29 is 0 Å². The van der Waals surface area contributed by atoms with E-state index in [0.29, 0.717) is 6.04 Å². The van der Waals surface area contributed by atoms with Crippen molar-refractivity contribution in [3.8, 4) is 0 Å². The van der Waals surface area contributed by atoms with E-state index < -0.39 is 0 Å². The molecule has 2 aromatic heterocycles. The van der Waals surface area contributed by atoms with Crippen LogP contribution in [-0.2, 0) is 6.54 Å². The zero-order valence-corrected chi connectivity index (χ0v) is 8.61. The zero-order valence-electron chi connectivity index (χ0n) is 7.79. The predicted octanol–water partition coefficient (Wildman–Crippen LogP) is 1.24. The molecule has 0 radical (unpaired) electrons. The van der Waals surface area contributed by atoms with Gasteiger partial charge in [0.15, 0.2) is 5.13 Å². The van der Waals surface area contributed by atoms with Crippen molar-refractivity contribution in [3.63, 3.8) is 0 Å². The van der Waals surface area contributed by atoms with E-state index >= 15 is 0 Å². The Labute approximate surface area is 85.8 Å². The summed E-state index contributed by atoms with van der Waals surface area (Å²) in [6, 6.07) is 0.294. The van der Waals surface area contributed by atoms with Crippen LogP contribution in [0.2, 0.25) is 0 Å². The molecule has 0 aromatic carbocycles. The number of hydrogen-bond acceptors (Lipinski definition) is 5. The summed E-state index contributed by atoms with van der Waals surface area (Å²) in [5.41, 5.74) is 0. The van der Waals surface area contributed by atoms with Gasteiger partial charge in [-0.2, -0.15) is 5.10 Å². The van der Waals surface area contributed by atoms with E-state index in [2.05, 4.69) is 27.3 Å². The molecule has 0 spiro atoms. The highest BCUT2D eigenvalue weighted by Crippen LogP contribution is 2.11. The van der Waals surface area contributed by atoms with E-state index in [0.717, 1.165) is 11.7 Å². The van der Waals surface area contributed by atoms with Gasteiger partial charge in [-0.1, -0.05) is 0 Å². The number of rotatable bonds is 4. The summed E-state index contributed by atoms with van der Waals surface area (Å²) in [7, 11) is 0. The highest BCUT2D eigenvalue weighted by Gasteiger charge is 2.04. The topological polar surface area (TPSA) is 55.6 Å². The fourth-order valence-corrected chi connectivity index (χ4v) is 1.80. The summed E-state index contributed by atoms with van der Waals surface area (Å²) in [5, 5.41) is 10.2. The summed E-state index contributed by atoms with van der Waals surface area (Å²) in [5.74, 6) is 0. The second kappa shape index (κ2) is 4.19. The van der Waals surface area contributed by atoms with Crippen molar-refractivity contribution in [3.05, 3.63) is 24.2 Å². The molecule has 1 atom stereocenters. The molecule has 74 valence electrons. The largest absolute Gasteiger partial charge is 0.357 e. The van der Waals surface area contributed by atoms with Crippen molar-refractivity contribution in [2.45, 2.75) is 19.5 Å². The van der Waals surface area contributed by atoms with E-state index in [9.17, 15) is 0 Å². The van der Waals surface area contributed by atoms with Crippen LogP contribution < -0.4 is 5.32 Å². The van der Waals surface area contributed by atoms with Gasteiger partial charge in [0.2, 0.25) is 0 Å². The van der Waals surface area contributed by atoms with Crippen LogP contribution in [0.25, 0.3) is 0 Å². The Hall–Kier alpha value is -1.43. The molecule has 2 heterocycles. The molecule has 5 nitrogen and oxygen atoms in total. The van der Waals surface area contributed by atoms with Crippen LogP contribution in [0.5, 0.6) is 0 Å². The highest BCUT2D eigenvalue weighted by atomic mass is 32.1. The SMILES string of the molecule is CC(Cn1cncn1)Nc1nccs1. The van der Waals surface area contributed by atoms with Crippen LogP contribution in [0.4, 0.5) is 5.13 Å². The maximum atomic E-state index is 4.15. The summed E-state index contributed by atoms with van der Waals surface area (Å²) in [4.78, 5) is 8.03. The van der Waals surface area contributed by atoms with Crippen molar-refractivity contribution in [1.29, 1.82) is 0 Å². The van der Waals surface area contributed by atoms with Crippen LogP contribution in [0, 0.1) is 0 Å². The molecule has 2 rings (SSSR count). The minimum atomic E-state index is 0.294. The van der Waals surface area contributed by atoms with Gasteiger partial charge in [-0.15, -0.1) is 11.3 Å². The smallest absolute Gasteiger partial charge is 0.182 e. The van der Waals surface area contributed by atoms with Crippen molar-refractivity contribution >= 4 is 16.5 Å². The lowest BCUT2D eigenvalue weighted by Crippen LogP contribution is -2.22. The monoisotopic (exact) mass is 209 g/mol. The summed E-state index contributed by atoms with van der Waals surface area (Å²) in [6.45, 7) is 2.88. The van der Waals surface area contributed by atoms with E-state index in [1.165, 1.54) is 6.33 Å². The molecule has 0 aliphatic heterocycles. The molecule has 1 unspecified atom stereocenters. The van der Waals surface area contributed by atoms with Gasteiger partial charge in [-0.3, -0.25) is 4.68 Å². The van der Waals surface area contributed by atoms with Crippen molar-refractivity contribution in [2.24, 2.45) is 0 Å². The quantitative estimate of drug-likeness (QED) is 0.823. The molecule has 2 aromatic rings. The second-order valence-corrected chi connectivity index (χ2v) is 3.89. The molecule has 0 saturated heterocycles. The van der Waals surface area contributed by atoms with Crippen LogP contribution in [-0.4, -0.2) is 25.8 Å². The summed E-state index contributed by atoms with van der Waals surface area (Å²) in [6.07, 6.45) is 5.03. The maximum absolute atomic E-state index is 4.15. The van der Waals surface area contributed by atoms with Gasteiger partial charge < -0.3 is 5.32 Å². The first kappa shape index (κ1) is 9.14. The van der Waals surface area contributed by atoms with E-state index in [-0.39, 0.29) is 0 Å². The first-order valence-electron chi connectivity index (χ1n) is 4.33. The maximum Gasteiger partial charge on any atom is 0.182 e. The number of thiazole rings is 1. The zero-order chi connectivity index (χ0) is 9.80. The van der Waals surface area contributed by atoms with Gasteiger partial charge in [0.25, 0.3) is 0 Å². The normalized spacial score (nSPS) is 12.6. The molecular weight excluding hydrogens is 198 g/mol. The third kappa shape index (κ3) is 2.29. The van der Waals surface area contributed by atoms with E-state index in [1.54, 1.807) is 28.5 Å². The summed E-state index contributed by atoms with van der Waals surface area (Å²) >= 11 is 1.60. The van der Waals surface area contributed by atoms with Crippen LogP contribution in [0.15, 0.2) is 24.2 Å². The van der Waals surface area contributed by atoms with Crippen molar-refractivity contribution in [1.82, 2.24) is 19.7 Å². The van der Waals surface area contributed by atoms with Gasteiger partial charge >= 0.3 is 0 Å². The van der Waals surface area contributed by atoms with Crippen LogP contribution in [0.3, 0.4) is 0 Å². The lowest BCUT2D eigenvalue weighted by Gasteiger charge is -2.11. The predicted molar refractivity (Wildman–Crippen MR) is 55.2 cm³/mol. The number of aromatic nitrogens is 4. The third-order valence-corrected chi connectivity index (χ3v) is 2.43. The molecule has 0 aliphatic carbocycles. The van der Waals surface area contributed by atoms with Gasteiger partial charge in [-0.05, 0) is 6.92 Å². The Kier molecular flexibility index (Phi) is 2.73. The molecule has 0 bridgehead atoms. The Morgan fingerprint density at radius 2 is 2.57 bits per heavy atom. The Balaban J connectivity index is 1.88. The highest BCUT2D eigenvalue weighted by molar-refractivity contribution is 7.13. The molecule has 0 amide bonds. The average Bonchev–Trinajstić information content (AvgIpc) is 2.76. The molecular formula is C8H11N5S. The van der Waals surface area contributed by atoms with Crippen molar-refractivity contribution in [2.75, 3.05) is 5.32 Å². The standard InChI is InChI=1S/C8H11N5S/c1-7(4-13-6-9-5-11-13)12-8-10-2-3-14-8/h2-3,5-7H,4H2,1H3,(H,10,12). The summed E-state index contributed by atoms with van der Waals surface area (Å²) < 4.78 is 1.80. The molecule has 0 saturated carbocycles. The first-order chi connectivity index (χ1) is 6.84. The average molecular weight is 209 g/mol. The van der Waals surface area contributed by atoms with Crippen LogP contribution in [0.1, 0.15) is 6.92 Å². The molecule has 1 N–H and O–H groups in total. The lowest BCUT2D eigenvalue weighted by atomic mass is 10.3. The Morgan fingerprint density at radius 1 is 1.64 bits per heavy atom. The molecule has 0 fully saturated rings. The van der Waals surface area contributed by atoms with Gasteiger partial charge in [0, 0.05) is 17.6 Å². The molecule has 14 heavy (non-hydrogen) atoms. The molecule has 0 aliphatic rings. The number of hydrogen-bond donors (Lipinski definition) is 1. The number of nitrogens with one attached hydrogen (secondary N) is 1. The minimum absolute atomic E-state index is 0.294.